The minimum atomic E-state index is -4.67. The summed E-state index contributed by atoms with van der Waals surface area (Å²) in [5, 5.41) is 5.78. The van der Waals surface area contributed by atoms with Crippen LogP contribution in [0.3, 0.4) is 0 Å². The van der Waals surface area contributed by atoms with Gasteiger partial charge in [-0.15, -0.1) is 0 Å². The number of aromatic nitrogens is 2. The van der Waals surface area contributed by atoms with Gasteiger partial charge in [-0.2, -0.15) is 18.3 Å². The van der Waals surface area contributed by atoms with Crippen molar-refractivity contribution in [2.24, 2.45) is 0 Å². The fourth-order valence-electron chi connectivity index (χ4n) is 1.89. The first kappa shape index (κ1) is 14.2. The summed E-state index contributed by atoms with van der Waals surface area (Å²) in [6.07, 6.45) is -5.12. The summed E-state index contributed by atoms with van der Waals surface area (Å²) in [5.41, 5.74) is -1.79. The standard InChI is InChI=1S/C13H10F4N2O/c1-7-5-8(12(20)19-18-7)6-9-10(13(15,16)17)3-2-4-11(9)14/h2-5H,6H2,1H3,(H,19,20). The van der Waals surface area contributed by atoms with Gasteiger partial charge in [0.15, 0.2) is 0 Å². The highest BCUT2D eigenvalue weighted by atomic mass is 19.4. The molecule has 7 heteroatoms. The average Bonchev–Trinajstić information content (AvgIpc) is 2.35. The Bertz CT molecular complexity index is 692. The molecule has 0 bridgehead atoms. The van der Waals surface area contributed by atoms with Crippen LogP contribution in [0.25, 0.3) is 0 Å². The number of nitrogens with one attached hydrogen (secondary N) is 1. The van der Waals surface area contributed by atoms with E-state index in [2.05, 4.69) is 10.2 Å². The summed E-state index contributed by atoms with van der Waals surface area (Å²) in [5.74, 6) is -0.992. The van der Waals surface area contributed by atoms with Crippen molar-refractivity contribution in [3.63, 3.8) is 0 Å². The van der Waals surface area contributed by atoms with Crippen molar-refractivity contribution in [1.29, 1.82) is 0 Å². The monoisotopic (exact) mass is 286 g/mol. The Hall–Kier alpha value is -2.18. The number of rotatable bonds is 2. The van der Waals surface area contributed by atoms with Crippen LogP contribution in [0.15, 0.2) is 29.1 Å². The molecule has 0 unspecified atom stereocenters. The lowest BCUT2D eigenvalue weighted by atomic mass is 9.99. The second kappa shape index (κ2) is 5.07. The van der Waals surface area contributed by atoms with Crippen LogP contribution >= 0.6 is 0 Å². The highest BCUT2D eigenvalue weighted by molar-refractivity contribution is 5.35. The molecule has 3 nitrogen and oxygen atoms in total. The largest absolute Gasteiger partial charge is 0.416 e. The van der Waals surface area contributed by atoms with Crippen molar-refractivity contribution in [1.82, 2.24) is 10.2 Å². The number of halogens is 4. The summed E-state index contributed by atoms with van der Waals surface area (Å²) in [6, 6.07) is 4.06. The van der Waals surface area contributed by atoms with E-state index < -0.39 is 35.1 Å². The smallest absolute Gasteiger partial charge is 0.268 e. The van der Waals surface area contributed by atoms with E-state index in [1.54, 1.807) is 6.92 Å². The number of hydrogen-bond acceptors (Lipinski definition) is 2. The molecule has 1 N–H and O–H groups in total. The molecule has 0 amide bonds. The molecule has 0 saturated heterocycles. The van der Waals surface area contributed by atoms with Crippen molar-refractivity contribution < 1.29 is 17.6 Å². The molecule has 1 heterocycles. The van der Waals surface area contributed by atoms with E-state index in [0.29, 0.717) is 5.69 Å². The SMILES string of the molecule is Cc1cc(Cc2c(F)cccc2C(F)(F)F)c(=O)[nH]n1. The molecule has 0 aliphatic heterocycles. The lowest BCUT2D eigenvalue weighted by Crippen LogP contribution is -2.18. The maximum atomic E-state index is 13.7. The van der Waals surface area contributed by atoms with Crippen LogP contribution in [-0.2, 0) is 12.6 Å². The summed E-state index contributed by atoms with van der Waals surface area (Å²) in [7, 11) is 0. The lowest BCUT2D eigenvalue weighted by Gasteiger charge is -2.13. The van der Waals surface area contributed by atoms with E-state index in [-0.39, 0.29) is 5.56 Å². The summed E-state index contributed by atoms with van der Waals surface area (Å²) >= 11 is 0. The first-order valence-corrected chi connectivity index (χ1v) is 5.69. The van der Waals surface area contributed by atoms with E-state index in [1.165, 1.54) is 6.07 Å². The Morgan fingerprint density at radius 3 is 2.65 bits per heavy atom. The molecule has 0 aliphatic carbocycles. The summed E-state index contributed by atoms with van der Waals surface area (Å²) in [4.78, 5) is 11.5. The third-order valence-corrected chi connectivity index (χ3v) is 2.80. The van der Waals surface area contributed by atoms with Gasteiger partial charge in [0.25, 0.3) is 5.56 Å². The van der Waals surface area contributed by atoms with E-state index in [0.717, 1.165) is 18.2 Å². The van der Waals surface area contributed by atoms with Crippen LogP contribution in [-0.4, -0.2) is 10.2 Å². The van der Waals surface area contributed by atoms with Crippen molar-refractivity contribution in [3.05, 3.63) is 62.8 Å². The van der Waals surface area contributed by atoms with E-state index >= 15 is 0 Å². The van der Waals surface area contributed by atoms with Gasteiger partial charge in [-0.3, -0.25) is 4.79 Å². The van der Waals surface area contributed by atoms with E-state index in [9.17, 15) is 22.4 Å². The van der Waals surface area contributed by atoms with Crippen LogP contribution in [0.2, 0.25) is 0 Å². The molecule has 0 atom stereocenters. The fourth-order valence-corrected chi connectivity index (χ4v) is 1.89. The first-order valence-electron chi connectivity index (χ1n) is 5.69. The number of aryl methyl sites for hydroxylation is 1. The number of benzene rings is 1. The molecule has 2 rings (SSSR count). The molecule has 0 fully saturated rings. The molecule has 20 heavy (non-hydrogen) atoms. The number of hydrogen-bond donors (Lipinski definition) is 1. The average molecular weight is 286 g/mol. The third-order valence-electron chi connectivity index (χ3n) is 2.80. The zero-order valence-electron chi connectivity index (χ0n) is 10.4. The zero-order chi connectivity index (χ0) is 14.9. The number of aromatic amines is 1. The molecule has 0 radical (unpaired) electrons. The van der Waals surface area contributed by atoms with Gasteiger partial charge in [-0.1, -0.05) is 6.07 Å². The van der Waals surface area contributed by atoms with Crippen molar-refractivity contribution in [2.45, 2.75) is 19.5 Å². The lowest BCUT2D eigenvalue weighted by molar-refractivity contribution is -0.138. The highest BCUT2D eigenvalue weighted by Gasteiger charge is 2.34. The second-order valence-electron chi connectivity index (χ2n) is 4.30. The van der Waals surface area contributed by atoms with Gasteiger partial charge in [0.1, 0.15) is 5.82 Å². The molecule has 0 saturated carbocycles. The normalized spacial score (nSPS) is 11.7. The quantitative estimate of drug-likeness (QED) is 0.863. The fraction of sp³-hybridized carbons (Fsp3) is 0.231. The third kappa shape index (κ3) is 2.87. The molecule has 1 aromatic heterocycles. The van der Waals surface area contributed by atoms with Gasteiger partial charge >= 0.3 is 6.18 Å². The van der Waals surface area contributed by atoms with Crippen LogP contribution in [0, 0.1) is 12.7 Å². The minimum Gasteiger partial charge on any atom is -0.268 e. The summed E-state index contributed by atoms with van der Waals surface area (Å²) in [6.45, 7) is 1.57. The van der Waals surface area contributed by atoms with Crippen molar-refractivity contribution in [2.75, 3.05) is 0 Å². The highest BCUT2D eigenvalue weighted by Crippen LogP contribution is 2.33. The van der Waals surface area contributed by atoms with Crippen molar-refractivity contribution >= 4 is 0 Å². The first-order chi connectivity index (χ1) is 9.29. The molecule has 1 aromatic carbocycles. The number of nitrogens with zero attached hydrogens (tertiary/aromatic N) is 1. The number of alkyl halides is 3. The zero-order valence-corrected chi connectivity index (χ0v) is 10.4. The van der Waals surface area contributed by atoms with Gasteiger partial charge in [0.2, 0.25) is 0 Å². The predicted octanol–water partition coefficient (Wildman–Crippen LogP) is 2.83. The molecule has 106 valence electrons. The molecular formula is C13H10F4N2O. The van der Waals surface area contributed by atoms with E-state index in [4.69, 9.17) is 0 Å². The van der Waals surface area contributed by atoms with Gasteiger partial charge in [-0.25, -0.2) is 9.49 Å². The van der Waals surface area contributed by atoms with Crippen LogP contribution in [0.5, 0.6) is 0 Å². The Morgan fingerprint density at radius 1 is 1.30 bits per heavy atom. The van der Waals surface area contributed by atoms with Crippen LogP contribution < -0.4 is 5.56 Å². The Labute approximate surface area is 111 Å². The molecule has 0 spiro atoms. The minimum absolute atomic E-state index is 0.0353. The Morgan fingerprint density at radius 2 is 2.00 bits per heavy atom. The van der Waals surface area contributed by atoms with Crippen LogP contribution in [0.1, 0.15) is 22.4 Å². The van der Waals surface area contributed by atoms with E-state index in [1.807, 2.05) is 0 Å². The molecule has 2 aromatic rings. The van der Waals surface area contributed by atoms with Gasteiger partial charge in [0, 0.05) is 17.5 Å². The van der Waals surface area contributed by atoms with Gasteiger partial charge in [0.05, 0.1) is 11.3 Å². The molecule has 0 aliphatic rings. The van der Waals surface area contributed by atoms with Crippen molar-refractivity contribution in [3.8, 4) is 0 Å². The number of H-pyrrole nitrogens is 1. The maximum absolute atomic E-state index is 13.7. The Balaban J connectivity index is 2.54. The van der Waals surface area contributed by atoms with Crippen LogP contribution in [0.4, 0.5) is 17.6 Å². The van der Waals surface area contributed by atoms with Gasteiger partial charge < -0.3 is 0 Å². The summed E-state index contributed by atoms with van der Waals surface area (Å²) < 4.78 is 52.2. The molecular weight excluding hydrogens is 276 g/mol. The second-order valence-corrected chi connectivity index (χ2v) is 4.30. The topological polar surface area (TPSA) is 45.8 Å². The van der Waals surface area contributed by atoms with Gasteiger partial charge in [-0.05, 0) is 25.1 Å². The Kier molecular flexibility index (Phi) is 3.61. The predicted molar refractivity (Wildman–Crippen MR) is 63.8 cm³/mol. The maximum Gasteiger partial charge on any atom is 0.416 e.